The van der Waals surface area contributed by atoms with Gasteiger partial charge in [0.15, 0.2) is 0 Å². The molecule has 96 valence electrons. The van der Waals surface area contributed by atoms with Crippen molar-refractivity contribution in [1.29, 1.82) is 0 Å². The molecule has 0 aliphatic carbocycles. The number of rotatable bonds is 2. The fourth-order valence-electron chi connectivity index (χ4n) is 2.13. The van der Waals surface area contributed by atoms with Crippen molar-refractivity contribution in [2.24, 2.45) is 0 Å². The minimum absolute atomic E-state index is 0.687. The van der Waals surface area contributed by atoms with Crippen LogP contribution in [0.4, 0.5) is 0 Å². The summed E-state index contributed by atoms with van der Waals surface area (Å²) in [5.74, 6) is 0. The van der Waals surface area contributed by atoms with Gasteiger partial charge in [-0.15, -0.1) is 11.3 Å². The summed E-state index contributed by atoms with van der Waals surface area (Å²) in [6.07, 6.45) is -0.687. The SMILES string of the molecule is Cc1cc(C(O)c2scnc2Br)c2ccccc2n1. The molecule has 1 aromatic carbocycles. The molecule has 19 heavy (non-hydrogen) atoms. The Kier molecular flexibility index (Phi) is 3.35. The zero-order valence-corrected chi connectivity index (χ0v) is 12.6. The summed E-state index contributed by atoms with van der Waals surface area (Å²) in [6, 6.07) is 9.78. The molecule has 1 N–H and O–H groups in total. The first-order valence-electron chi connectivity index (χ1n) is 5.80. The van der Waals surface area contributed by atoms with Crippen molar-refractivity contribution in [3.8, 4) is 0 Å². The number of aliphatic hydroxyl groups excluding tert-OH is 1. The largest absolute Gasteiger partial charge is 0.383 e. The number of benzene rings is 1. The maximum Gasteiger partial charge on any atom is 0.123 e. The molecule has 0 saturated heterocycles. The van der Waals surface area contributed by atoms with Crippen molar-refractivity contribution >= 4 is 38.2 Å². The highest BCUT2D eigenvalue weighted by Crippen LogP contribution is 2.34. The molecule has 0 amide bonds. The lowest BCUT2D eigenvalue weighted by molar-refractivity contribution is 0.224. The quantitative estimate of drug-likeness (QED) is 0.774. The average Bonchev–Trinajstić information content (AvgIpc) is 2.83. The first-order chi connectivity index (χ1) is 9.16. The van der Waals surface area contributed by atoms with E-state index in [0.717, 1.165) is 27.0 Å². The Morgan fingerprint density at radius 3 is 2.84 bits per heavy atom. The molecule has 1 unspecified atom stereocenters. The Morgan fingerprint density at radius 1 is 1.32 bits per heavy atom. The van der Waals surface area contributed by atoms with Crippen molar-refractivity contribution in [3.05, 3.63) is 56.6 Å². The summed E-state index contributed by atoms with van der Waals surface area (Å²) in [5.41, 5.74) is 4.39. The molecule has 0 radical (unpaired) electrons. The Bertz CT molecular complexity index is 741. The van der Waals surface area contributed by atoms with E-state index in [2.05, 4.69) is 25.9 Å². The van der Waals surface area contributed by atoms with Gasteiger partial charge in [-0.3, -0.25) is 4.98 Å². The number of hydrogen-bond donors (Lipinski definition) is 1. The normalized spacial score (nSPS) is 12.8. The van der Waals surface area contributed by atoms with E-state index in [1.54, 1.807) is 5.51 Å². The van der Waals surface area contributed by atoms with E-state index in [4.69, 9.17) is 0 Å². The maximum atomic E-state index is 10.6. The average molecular weight is 335 g/mol. The van der Waals surface area contributed by atoms with Gasteiger partial charge < -0.3 is 5.11 Å². The first-order valence-corrected chi connectivity index (χ1v) is 7.47. The van der Waals surface area contributed by atoms with Gasteiger partial charge in [-0.1, -0.05) is 18.2 Å². The number of para-hydroxylation sites is 1. The molecule has 0 aliphatic rings. The molecule has 0 fully saturated rings. The highest BCUT2D eigenvalue weighted by Gasteiger charge is 2.19. The molecule has 1 atom stereocenters. The molecule has 3 nitrogen and oxygen atoms in total. The number of aryl methyl sites for hydroxylation is 1. The minimum Gasteiger partial charge on any atom is -0.383 e. The highest BCUT2D eigenvalue weighted by molar-refractivity contribution is 9.10. The van der Waals surface area contributed by atoms with E-state index in [-0.39, 0.29) is 0 Å². The molecule has 0 aliphatic heterocycles. The number of pyridine rings is 1. The standard InChI is InChI=1S/C14H11BrN2OS/c1-8-6-10(9-4-2-3-5-11(9)17-8)12(18)13-14(15)16-7-19-13/h2-7,12,18H,1H3. The van der Waals surface area contributed by atoms with Crippen molar-refractivity contribution in [3.63, 3.8) is 0 Å². The Hall–Kier alpha value is -1.30. The van der Waals surface area contributed by atoms with Crippen LogP contribution in [0.1, 0.15) is 22.2 Å². The molecule has 2 heterocycles. The third kappa shape index (κ3) is 2.29. The molecule has 0 bridgehead atoms. The lowest BCUT2D eigenvalue weighted by Gasteiger charge is -2.13. The summed E-state index contributed by atoms with van der Waals surface area (Å²) in [4.78, 5) is 9.43. The third-order valence-corrected chi connectivity index (χ3v) is 4.74. The van der Waals surface area contributed by atoms with E-state index in [1.807, 2.05) is 37.3 Å². The zero-order valence-electron chi connectivity index (χ0n) is 10.2. The summed E-state index contributed by atoms with van der Waals surface area (Å²) >= 11 is 4.81. The van der Waals surface area contributed by atoms with E-state index in [9.17, 15) is 5.11 Å². The van der Waals surface area contributed by atoms with Crippen molar-refractivity contribution < 1.29 is 5.11 Å². The lowest BCUT2D eigenvalue weighted by atomic mass is 10.0. The number of halogens is 1. The summed E-state index contributed by atoms with van der Waals surface area (Å²) in [5, 5.41) is 11.6. The Labute approximate surface area is 123 Å². The van der Waals surface area contributed by atoms with Crippen molar-refractivity contribution in [1.82, 2.24) is 9.97 Å². The molecule has 2 aromatic heterocycles. The van der Waals surface area contributed by atoms with Gasteiger partial charge in [0.05, 0.1) is 15.9 Å². The molecule has 3 rings (SSSR count). The first kappa shape index (κ1) is 12.7. The number of fused-ring (bicyclic) bond motifs is 1. The fraction of sp³-hybridized carbons (Fsp3) is 0.143. The summed E-state index contributed by atoms with van der Waals surface area (Å²) in [6.45, 7) is 1.93. The number of thiazole rings is 1. The molecular formula is C14H11BrN2OS. The topological polar surface area (TPSA) is 46.0 Å². The number of nitrogens with zero attached hydrogens (tertiary/aromatic N) is 2. The van der Waals surface area contributed by atoms with Gasteiger partial charge in [0.1, 0.15) is 10.7 Å². The Morgan fingerprint density at radius 2 is 2.11 bits per heavy atom. The van der Waals surface area contributed by atoms with E-state index >= 15 is 0 Å². The lowest BCUT2D eigenvalue weighted by Crippen LogP contribution is -2.01. The predicted octanol–water partition coefficient (Wildman–Crippen LogP) is 3.84. The van der Waals surface area contributed by atoms with Gasteiger partial charge in [-0.05, 0) is 40.5 Å². The van der Waals surface area contributed by atoms with Gasteiger partial charge in [0.25, 0.3) is 0 Å². The van der Waals surface area contributed by atoms with Gasteiger partial charge in [0.2, 0.25) is 0 Å². The number of hydrogen-bond acceptors (Lipinski definition) is 4. The fourth-order valence-corrected chi connectivity index (χ4v) is 3.54. The van der Waals surface area contributed by atoms with Crippen LogP contribution >= 0.6 is 27.3 Å². The Balaban J connectivity index is 2.22. The maximum absolute atomic E-state index is 10.6. The third-order valence-electron chi connectivity index (χ3n) is 2.97. The smallest absolute Gasteiger partial charge is 0.123 e. The van der Waals surface area contributed by atoms with E-state index < -0.39 is 6.10 Å². The second kappa shape index (κ2) is 5.00. The van der Waals surface area contributed by atoms with Crippen LogP contribution < -0.4 is 0 Å². The van der Waals surface area contributed by atoms with Crippen molar-refractivity contribution in [2.45, 2.75) is 13.0 Å². The van der Waals surface area contributed by atoms with Crippen LogP contribution in [0.15, 0.2) is 40.4 Å². The molecule has 5 heteroatoms. The molecule has 0 saturated carbocycles. The van der Waals surface area contributed by atoms with E-state index in [0.29, 0.717) is 4.60 Å². The molecule has 0 spiro atoms. The van der Waals surface area contributed by atoms with Gasteiger partial charge in [-0.2, -0.15) is 0 Å². The zero-order chi connectivity index (χ0) is 13.4. The van der Waals surface area contributed by atoms with Gasteiger partial charge >= 0.3 is 0 Å². The predicted molar refractivity (Wildman–Crippen MR) is 80.4 cm³/mol. The van der Waals surface area contributed by atoms with Crippen LogP contribution in [0.3, 0.4) is 0 Å². The number of aliphatic hydroxyl groups is 1. The van der Waals surface area contributed by atoms with Crippen LogP contribution in [-0.4, -0.2) is 15.1 Å². The monoisotopic (exact) mass is 334 g/mol. The van der Waals surface area contributed by atoms with Crippen LogP contribution in [0.25, 0.3) is 10.9 Å². The van der Waals surface area contributed by atoms with Crippen LogP contribution in [0, 0.1) is 6.92 Å². The molecular weight excluding hydrogens is 324 g/mol. The second-order valence-electron chi connectivity index (χ2n) is 4.28. The highest BCUT2D eigenvalue weighted by atomic mass is 79.9. The molecule has 3 aromatic rings. The van der Waals surface area contributed by atoms with Gasteiger partial charge in [0, 0.05) is 11.1 Å². The van der Waals surface area contributed by atoms with Crippen molar-refractivity contribution in [2.75, 3.05) is 0 Å². The second-order valence-corrected chi connectivity index (χ2v) is 5.92. The summed E-state index contributed by atoms with van der Waals surface area (Å²) in [7, 11) is 0. The van der Waals surface area contributed by atoms with E-state index in [1.165, 1.54) is 11.3 Å². The van der Waals surface area contributed by atoms with Crippen LogP contribution in [0.2, 0.25) is 0 Å². The summed E-state index contributed by atoms with van der Waals surface area (Å²) < 4.78 is 0.698. The van der Waals surface area contributed by atoms with Gasteiger partial charge in [-0.25, -0.2) is 4.98 Å². The van der Waals surface area contributed by atoms with Crippen LogP contribution in [-0.2, 0) is 0 Å². The number of aromatic nitrogens is 2. The minimum atomic E-state index is -0.687. The van der Waals surface area contributed by atoms with Crippen LogP contribution in [0.5, 0.6) is 0 Å².